The van der Waals surface area contributed by atoms with Crippen LogP contribution in [-0.2, 0) is 0 Å². The molecule has 3 heterocycles. The Labute approximate surface area is 189 Å². The Morgan fingerprint density at radius 1 is 0.781 bits per heavy atom. The van der Waals surface area contributed by atoms with Crippen molar-refractivity contribution in [2.24, 2.45) is 5.41 Å². The summed E-state index contributed by atoms with van der Waals surface area (Å²) in [4.78, 5) is 13.8. The molecule has 0 radical (unpaired) electrons. The highest BCUT2D eigenvalue weighted by molar-refractivity contribution is 5.62. The fourth-order valence-electron chi connectivity index (χ4n) is 4.19. The molecule has 0 aliphatic rings. The van der Waals surface area contributed by atoms with Crippen molar-refractivity contribution in [1.82, 2.24) is 19.5 Å². The lowest BCUT2D eigenvalue weighted by Crippen LogP contribution is -2.20. The first-order valence-corrected chi connectivity index (χ1v) is 10.7. The lowest BCUT2D eigenvalue weighted by molar-refractivity contribution is 0.353. The van der Waals surface area contributed by atoms with Gasteiger partial charge >= 0.3 is 0 Å². The van der Waals surface area contributed by atoms with E-state index in [1.807, 2.05) is 29.1 Å². The van der Waals surface area contributed by atoms with Crippen LogP contribution in [-0.4, -0.2) is 19.5 Å². The predicted molar refractivity (Wildman–Crippen MR) is 127 cm³/mol. The van der Waals surface area contributed by atoms with Crippen LogP contribution in [0.1, 0.15) is 54.9 Å². The average Bonchev–Trinajstić information content (AvgIpc) is 3.12. The lowest BCUT2D eigenvalue weighted by atomic mass is 9.74. The highest BCUT2D eigenvalue weighted by Gasteiger charge is 2.29. The number of pyridine rings is 1. The van der Waals surface area contributed by atoms with E-state index >= 15 is 0 Å². The van der Waals surface area contributed by atoms with Gasteiger partial charge in [-0.15, -0.1) is 0 Å². The van der Waals surface area contributed by atoms with E-state index in [1.165, 1.54) is 5.56 Å². The third kappa shape index (κ3) is 4.17. The van der Waals surface area contributed by atoms with Crippen molar-refractivity contribution in [3.05, 3.63) is 95.3 Å². The van der Waals surface area contributed by atoms with Crippen molar-refractivity contribution in [1.29, 1.82) is 5.26 Å². The van der Waals surface area contributed by atoms with Crippen molar-refractivity contribution < 1.29 is 0 Å². The first kappa shape index (κ1) is 21.5. The van der Waals surface area contributed by atoms with Crippen molar-refractivity contribution >= 4 is 0 Å². The molecule has 32 heavy (non-hydrogen) atoms. The Kier molecular flexibility index (Phi) is 5.63. The second-order valence-electron chi connectivity index (χ2n) is 9.23. The molecule has 0 fully saturated rings. The summed E-state index contributed by atoms with van der Waals surface area (Å²) in [6.07, 6.45) is 5.40. The zero-order valence-corrected chi connectivity index (χ0v) is 19.2. The number of rotatable bonds is 4. The smallest absolute Gasteiger partial charge is 0.234 e. The lowest BCUT2D eigenvalue weighted by Gasteiger charge is -2.31. The van der Waals surface area contributed by atoms with Crippen LogP contribution in [0.25, 0.3) is 17.1 Å². The van der Waals surface area contributed by atoms with Gasteiger partial charge in [-0.1, -0.05) is 45.0 Å². The average molecular weight is 422 g/mol. The molecular formula is C27H27N5. The highest BCUT2D eigenvalue weighted by Crippen LogP contribution is 2.40. The molecule has 1 unspecified atom stereocenters. The number of nitrogens with zero attached hydrogens (tertiary/aromatic N) is 5. The topological polar surface area (TPSA) is 67.4 Å². The molecular weight excluding hydrogens is 394 g/mol. The van der Waals surface area contributed by atoms with Crippen LogP contribution in [0.2, 0.25) is 0 Å². The van der Waals surface area contributed by atoms with E-state index in [1.54, 1.807) is 6.20 Å². The van der Waals surface area contributed by atoms with E-state index in [-0.39, 0.29) is 11.3 Å². The van der Waals surface area contributed by atoms with Crippen LogP contribution in [0, 0.1) is 30.6 Å². The molecule has 0 aliphatic carbocycles. The minimum atomic E-state index is -0.0279. The number of benzene rings is 1. The van der Waals surface area contributed by atoms with Crippen molar-refractivity contribution in [3.8, 4) is 23.1 Å². The third-order valence-electron chi connectivity index (χ3n) is 5.76. The van der Waals surface area contributed by atoms with Gasteiger partial charge in [0.15, 0.2) is 0 Å². The van der Waals surface area contributed by atoms with Crippen molar-refractivity contribution in [3.63, 3.8) is 0 Å². The molecule has 0 N–H and O–H groups in total. The Morgan fingerprint density at radius 2 is 1.41 bits per heavy atom. The van der Waals surface area contributed by atoms with Gasteiger partial charge in [0, 0.05) is 47.2 Å². The van der Waals surface area contributed by atoms with Gasteiger partial charge in [0.25, 0.3) is 0 Å². The van der Waals surface area contributed by atoms with E-state index in [2.05, 4.69) is 92.0 Å². The summed E-state index contributed by atoms with van der Waals surface area (Å²) in [5, 5.41) is 9.08. The summed E-state index contributed by atoms with van der Waals surface area (Å²) >= 11 is 0. The Hall–Kier alpha value is -3.78. The van der Waals surface area contributed by atoms with Crippen molar-refractivity contribution in [2.75, 3.05) is 0 Å². The quantitative estimate of drug-likeness (QED) is 0.405. The summed E-state index contributed by atoms with van der Waals surface area (Å²) in [6.45, 7) is 10.7. The van der Waals surface area contributed by atoms with Gasteiger partial charge in [0.05, 0.1) is 5.56 Å². The first-order chi connectivity index (χ1) is 15.3. The van der Waals surface area contributed by atoms with E-state index in [4.69, 9.17) is 5.26 Å². The molecule has 160 valence electrons. The van der Waals surface area contributed by atoms with Crippen LogP contribution in [0.5, 0.6) is 0 Å². The van der Waals surface area contributed by atoms with Gasteiger partial charge in [0.2, 0.25) is 5.95 Å². The summed E-state index contributed by atoms with van der Waals surface area (Å²) in [6, 6.07) is 18.6. The molecule has 5 heteroatoms. The molecule has 0 bridgehead atoms. The fourth-order valence-corrected chi connectivity index (χ4v) is 4.19. The Balaban J connectivity index is 1.63. The molecule has 0 saturated carbocycles. The summed E-state index contributed by atoms with van der Waals surface area (Å²) in [5.41, 5.74) is 6.98. The fraction of sp³-hybridized carbons (Fsp3) is 0.259. The standard InChI is InChI=1S/C27H27N5/c1-18-6-7-19(2)32(18)26-30-16-23(17-31-26)21-9-11-22(12-10-21)25(27(3,4)5)24-13-8-20(14-28)15-29-24/h6-13,15-17,25H,1-5H3. The maximum absolute atomic E-state index is 9.08. The predicted octanol–water partition coefficient (Wildman–Crippen LogP) is 6.00. The van der Waals surface area contributed by atoms with Crippen LogP contribution in [0.3, 0.4) is 0 Å². The van der Waals surface area contributed by atoms with Gasteiger partial charge in [-0.25, -0.2) is 9.97 Å². The highest BCUT2D eigenvalue weighted by atomic mass is 15.2. The molecule has 1 atom stereocenters. The molecule has 4 aromatic rings. The van der Waals surface area contributed by atoms with E-state index in [0.717, 1.165) is 28.2 Å². The van der Waals surface area contributed by atoms with Gasteiger partial charge < -0.3 is 0 Å². The maximum Gasteiger partial charge on any atom is 0.234 e. The largest absolute Gasteiger partial charge is 0.287 e. The summed E-state index contributed by atoms with van der Waals surface area (Å²) < 4.78 is 2.05. The molecule has 4 rings (SSSR count). The Bertz CT molecular complexity index is 1230. The number of hydrogen-bond donors (Lipinski definition) is 0. The minimum Gasteiger partial charge on any atom is -0.287 e. The number of aryl methyl sites for hydroxylation is 2. The van der Waals surface area contributed by atoms with Crippen LogP contribution < -0.4 is 0 Å². The SMILES string of the molecule is Cc1ccc(C)n1-c1ncc(-c2ccc(C(c3ccc(C#N)cn3)C(C)(C)C)cc2)cn1. The maximum atomic E-state index is 9.08. The second-order valence-corrected chi connectivity index (χ2v) is 9.23. The van der Waals surface area contributed by atoms with E-state index in [0.29, 0.717) is 11.5 Å². The van der Waals surface area contributed by atoms with E-state index in [9.17, 15) is 0 Å². The molecule has 3 aromatic heterocycles. The van der Waals surface area contributed by atoms with Crippen LogP contribution >= 0.6 is 0 Å². The molecule has 0 saturated heterocycles. The molecule has 1 aromatic carbocycles. The minimum absolute atomic E-state index is 0.0279. The zero-order chi connectivity index (χ0) is 22.9. The van der Waals surface area contributed by atoms with Crippen LogP contribution in [0.15, 0.2) is 67.1 Å². The summed E-state index contributed by atoms with van der Waals surface area (Å²) in [7, 11) is 0. The van der Waals surface area contributed by atoms with Gasteiger partial charge in [-0.2, -0.15) is 5.26 Å². The normalized spacial score (nSPS) is 12.4. The zero-order valence-electron chi connectivity index (χ0n) is 19.2. The Morgan fingerprint density at radius 3 is 1.91 bits per heavy atom. The monoisotopic (exact) mass is 421 g/mol. The first-order valence-electron chi connectivity index (χ1n) is 10.7. The van der Waals surface area contributed by atoms with Crippen LogP contribution in [0.4, 0.5) is 0 Å². The number of aromatic nitrogens is 4. The van der Waals surface area contributed by atoms with Gasteiger partial charge in [0.1, 0.15) is 6.07 Å². The van der Waals surface area contributed by atoms with E-state index < -0.39 is 0 Å². The molecule has 0 spiro atoms. The molecule has 5 nitrogen and oxygen atoms in total. The third-order valence-corrected chi connectivity index (χ3v) is 5.76. The van der Waals surface area contributed by atoms with Gasteiger partial charge in [-0.3, -0.25) is 9.55 Å². The number of hydrogen-bond acceptors (Lipinski definition) is 4. The van der Waals surface area contributed by atoms with Crippen molar-refractivity contribution in [2.45, 2.75) is 40.5 Å². The molecule has 0 amide bonds. The second kappa shape index (κ2) is 8.39. The number of nitriles is 1. The summed E-state index contributed by atoms with van der Waals surface area (Å²) in [5.74, 6) is 0.799. The molecule has 0 aliphatic heterocycles. The van der Waals surface area contributed by atoms with Gasteiger partial charge in [-0.05, 0) is 54.7 Å².